The van der Waals surface area contributed by atoms with Gasteiger partial charge in [0.15, 0.2) is 5.82 Å². The van der Waals surface area contributed by atoms with Crippen molar-refractivity contribution >= 4 is 23.3 Å². The molecule has 2 aromatic heterocycles. The topological polar surface area (TPSA) is 89.9 Å². The van der Waals surface area contributed by atoms with Gasteiger partial charge in [0.05, 0.1) is 17.1 Å². The molecule has 8 heteroatoms. The number of hydrogen-bond acceptors (Lipinski definition) is 5. The van der Waals surface area contributed by atoms with Gasteiger partial charge in [-0.3, -0.25) is 4.79 Å². The predicted molar refractivity (Wildman–Crippen MR) is 68.4 cm³/mol. The lowest BCUT2D eigenvalue weighted by atomic mass is 10.2. The molecule has 0 atom stereocenters. The van der Waals surface area contributed by atoms with E-state index >= 15 is 0 Å². The fourth-order valence-corrected chi connectivity index (χ4v) is 2.15. The van der Waals surface area contributed by atoms with Gasteiger partial charge in [-0.1, -0.05) is 11.6 Å². The second-order valence-electron chi connectivity index (χ2n) is 4.26. The van der Waals surface area contributed by atoms with Crippen LogP contribution in [0.25, 0.3) is 0 Å². The van der Waals surface area contributed by atoms with E-state index in [2.05, 4.69) is 15.2 Å². The molecule has 98 valence electrons. The Balaban J connectivity index is 1.83. The van der Waals surface area contributed by atoms with Crippen molar-refractivity contribution in [3.63, 3.8) is 0 Å². The molecule has 0 fully saturated rings. The van der Waals surface area contributed by atoms with Gasteiger partial charge in [-0.25, -0.2) is 4.98 Å². The number of nitrogens with two attached hydrogens (primary N) is 1. The second kappa shape index (κ2) is 4.51. The highest BCUT2D eigenvalue weighted by Crippen LogP contribution is 2.19. The molecular formula is C11H11ClN6O. The van der Waals surface area contributed by atoms with Crippen LogP contribution in [-0.2, 0) is 13.1 Å². The molecule has 0 radical (unpaired) electrons. The third-order valence-corrected chi connectivity index (χ3v) is 3.35. The highest BCUT2D eigenvalue weighted by atomic mass is 35.5. The summed E-state index contributed by atoms with van der Waals surface area (Å²) in [7, 11) is 0. The largest absolute Gasteiger partial charge is 0.382 e. The SMILES string of the molecule is Nc1ncc(C(=O)N2CCn3cnnc3C2)cc1Cl. The molecule has 0 bridgehead atoms. The van der Waals surface area contributed by atoms with Crippen LogP contribution in [0.2, 0.25) is 5.02 Å². The summed E-state index contributed by atoms with van der Waals surface area (Å²) in [4.78, 5) is 17.9. The van der Waals surface area contributed by atoms with E-state index in [1.54, 1.807) is 11.2 Å². The van der Waals surface area contributed by atoms with Crippen molar-refractivity contribution in [3.05, 3.63) is 35.0 Å². The minimum absolute atomic E-state index is 0.136. The van der Waals surface area contributed by atoms with Gasteiger partial charge in [-0.2, -0.15) is 0 Å². The summed E-state index contributed by atoms with van der Waals surface area (Å²) in [5.74, 6) is 0.856. The van der Waals surface area contributed by atoms with E-state index in [9.17, 15) is 4.79 Å². The molecule has 0 spiro atoms. The van der Waals surface area contributed by atoms with Gasteiger partial charge in [-0.15, -0.1) is 10.2 Å². The molecule has 7 nitrogen and oxygen atoms in total. The molecule has 1 amide bonds. The number of halogens is 1. The Labute approximate surface area is 114 Å². The van der Waals surface area contributed by atoms with Gasteiger partial charge in [0.1, 0.15) is 12.1 Å². The Hall–Kier alpha value is -2.15. The van der Waals surface area contributed by atoms with Gasteiger partial charge in [-0.05, 0) is 6.07 Å². The van der Waals surface area contributed by atoms with Crippen molar-refractivity contribution in [3.8, 4) is 0 Å². The number of carbonyl (C=O) groups excluding carboxylic acids is 1. The van der Waals surface area contributed by atoms with Crippen LogP contribution in [0.3, 0.4) is 0 Å². The summed E-state index contributed by atoms with van der Waals surface area (Å²) in [6.45, 7) is 1.72. The number of pyridine rings is 1. The average molecular weight is 279 g/mol. The maximum absolute atomic E-state index is 12.3. The number of aromatic nitrogens is 4. The summed E-state index contributed by atoms with van der Waals surface area (Å²) < 4.78 is 1.93. The summed E-state index contributed by atoms with van der Waals surface area (Å²) in [5.41, 5.74) is 5.95. The number of nitrogen functional groups attached to an aromatic ring is 1. The van der Waals surface area contributed by atoms with Crippen LogP contribution in [0, 0.1) is 0 Å². The van der Waals surface area contributed by atoms with Crippen LogP contribution in [0.15, 0.2) is 18.6 Å². The number of nitrogens with zero attached hydrogens (tertiary/aromatic N) is 5. The Morgan fingerprint density at radius 2 is 2.26 bits per heavy atom. The van der Waals surface area contributed by atoms with Crippen molar-refractivity contribution in [2.75, 3.05) is 12.3 Å². The monoisotopic (exact) mass is 278 g/mol. The lowest BCUT2D eigenvalue weighted by molar-refractivity contribution is 0.0707. The summed E-state index contributed by atoms with van der Waals surface area (Å²) in [6, 6.07) is 1.53. The molecule has 0 saturated carbocycles. The highest BCUT2D eigenvalue weighted by molar-refractivity contribution is 6.33. The number of anilines is 1. The van der Waals surface area contributed by atoms with Crippen LogP contribution in [0.5, 0.6) is 0 Å². The summed E-state index contributed by atoms with van der Waals surface area (Å²) in [6.07, 6.45) is 3.10. The van der Waals surface area contributed by atoms with E-state index in [-0.39, 0.29) is 16.7 Å². The smallest absolute Gasteiger partial charge is 0.255 e. The molecular weight excluding hydrogens is 268 g/mol. The summed E-state index contributed by atoms with van der Waals surface area (Å²) in [5, 5.41) is 8.08. The Morgan fingerprint density at radius 3 is 3.05 bits per heavy atom. The first-order valence-corrected chi connectivity index (χ1v) is 6.10. The molecule has 0 aromatic carbocycles. The molecule has 0 unspecified atom stereocenters. The van der Waals surface area contributed by atoms with E-state index < -0.39 is 0 Å². The van der Waals surface area contributed by atoms with Crippen LogP contribution >= 0.6 is 11.6 Å². The van der Waals surface area contributed by atoms with Crippen molar-refractivity contribution in [1.29, 1.82) is 0 Å². The number of hydrogen-bond donors (Lipinski definition) is 1. The number of fused-ring (bicyclic) bond motifs is 1. The lowest BCUT2D eigenvalue weighted by Gasteiger charge is -2.27. The molecule has 1 aliphatic heterocycles. The first-order valence-electron chi connectivity index (χ1n) is 5.72. The first kappa shape index (κ1) is 11.9. The third-order valence-electron chi connectivity index (χ3n) is 3.04. The molecule has 2 N–H and O–H groups in total. The van der Waals surface area contributed by atoms with E-state index in [1.807, 2.05) is 4.57 Å². The maximum Gasteiger partial charge on any atom is 0.255 e. The van der Waals surface area contributed by atoms with Gasteiger partial charge < -0.3 is 15.2 Å². The van der Waals surface area contributed by atoms with Gasteiger partial charge in [0.25, 0.3) is 5.91 Å². The van der Waals surface area contributed by atoms with Gasteiger partial charge in [0, 0.05) is 19.3 Å². The Morgan fingerprint density at radius 1 is 1.42 bits per heavy atom. The molecule has 0 saturated heterocycles. The molecule has 2 aromatic rings. The fraction of sp³-hybridized carbons (Fsp3) is 0.273. The molecule has 1 aliphatic rings. The van der Waals surface area contributed by atoms with Crippen LogP contribution < -0.4 is 5.73 Å². The minimum atomic E-state index is -0.136. The van der Waals surface area contributed by atoms with Gasteiger partial charge in [0.2, 0.25) is 0 Å². The Kier molecular flexibility index (Phi) is 2.83. The van der Waals surface area contributed by atoms with E-state index in [0.29, 0.717) is 25.2 Å². The van der Waals surface area contributed by atoms with Crippen molar-refractivity contribution in [1.82, 2.24) is 24.6 Å². The molecule has 0 aliphatic carbocycles. The van der Waals surface area contributed by atoms with E-state index in [4.69, 9.17) is 17.3 Å². The minimum Gasteiger partial charge on any atom is -0.382 e. The summed E-state index contributed by atoms with van der Waals surface area (Å²) >= 11 is 5.88. The zero-order chi connectivity index (χ0) is 13.4. The second-order valence-corrected chi connectivity index (χ2v) is 4.67. The predicted octanol–water partition coefficient (Wildman–Crippen LogP) is 0.565. The van der Waals surface area contributed by atoms with Crippen LogP contribution in [0.1, 0.15) is 16.2 Å². The van der Waals surface area contributed by atoms with Crippen molar-refractivity contribution in [2.45, 2.75) is 13.1 Å². The van der Waals surface area contributed by atoms with Crippen molar-refractivity contribution < 1.29 is 4.79 Å². The van der Waals surface area contributed by atoms with Crippen LogP contribution in [0.4, 0.5) is 5.82 Å². The zero-order valence-electron chi connectivity index (χ0n) is 9.95. The standard InChI is InChI=1S/C11H11ClN6O/c12-8-3-7(4-14-10(8)13)11(19)17-1-2-18-6-15-16-9(18)5-17/h3-4,6H,1-2,5H2,(H2,13,14). The molecule has 3 heterocycles. The third kappa shape index (κ3) is 2.12. The van der Waals surface area contributed by atoms with E-state index in [1.165, 1.54) is 12.3 Å². The lowest BCUT2D eigenvalue weighted by Crippen LogP contribution is -2.38. The molecule has 3 rings (SSSR count). The highest BCUT2D eigenvalue weighted by Gasteiger charge is 2.23. The maximum atomic E-state index is 12.3. The normalized spacial score (nSPS) is 14.3. The average Bonchev–Trinajstić information content (AvgIpc) is 2.88. The van der Waals surface area contributed by atoms with Crippen LogP contribution in [-0.4, -0.2) is 37.1 Å². The quantitative estimate of drug-likeness (QED) is 0.823. The Bertz CT molecular complexity index is 640. The fourth-order valence-electron chi connectivity index (χ4n) is 1.99. The number of amides is 1. The van der Waals surface area contributed by atoms with Gasteiger partial charge >= 0.3 is 0 Å². The number of carbonyl (C=O) groups is 1. The van der Waals surface area contributed by atoms with Crippen molar-refractivity contribution in [2.24, 2.45) is 0 Å². The first-order chi connectivity index (χ1) is 9.15. The zero-order valence-corrected chi connectivity index (χ0v) is 10.7. The number of rotatable bonds is 1. The van der Waals surface area contributed by atoms with E-state index in [0.717, 1.165) is 5.82 Å². The molecule has 19 heavy (non-hydrogen) atoms.